The lowest BCUT2D eigenvalue weighted by Crippen LogP contribution is -2.32. The third-order valence-corrected chi connectivity index (χ3v) is 7.25. The molecule has 0 fully saturated rings. The maximum atomic E-state index is 13.3. The molecule has 0 spiro atoms. The van der Waals surface area contributed by atoms with Gasteiger partial charge in [-0.3, -0.25) is 9.59 Å². The molecule has 0 aliphatic carbocycles. The van der Waals surface area contributed by atoms with Crippen LogP contribution in [0.3, 0.4) is 0 Å². The number of alkyl halides is 3. The van der Waals surface area contributed by atoms with Gasteiger partial charge in [0.25, 0.3) is 11.8 Å². The Hall–Kier alpha value is -2.51. The largest absolute Gasteiger partial charge is 0.417 e. The minimum Gasteiger partial charge on any atom is -0.383 e. The van der Waals surface area contributed by atoms with Crippen LogP contribution in [0.2, 0.25) is 0 Å². The smallest absolute Gasteiger partial charge is 0.383 e. The Morgan fingerprint density at radius 2 is 1.80 bits per heavy atom. The lowest BCUT2D eigenvalue weighted by molar-refractivity contribution is -0.140. The van der Waals surface area contributed by atoms with Crippen LogP contribution in [0.5, 0.6) is 0 Å². The Kier molecular flexibility index (Phi) is 6.59. The summed E-state index contributed by atoms with van der Waals surface area (Å²) >= 11 is 0.278. The molecular formula is C17H16F4N2O5S2. The van der Waals surface area contributed by atoms with E-state index >= 15 is 0 Å². The standard InChI is InChI=1S/C17H16F4N2O5S2/c1-7(2)13(24)15(26)23-16-9(14(22)25)6-12(29-16)30(27,28)11-4-3-8(18)5-10(11)17(19,20)21/h3-7,13,24H,1-2H3,(H2,22,25)(H,23,26). The Balaban J connectivity index is 2.60. The zero-order valence-corrected chi connectivity index (χ0v) is 17.1. The molecule has 2 rings (SSSR count). The summed E-state index contributed by atoms with van der Waals surface area (Å²) in [6, 6.07) is 1.75. The number of nitrogens with two attached hydrogens (primary N) is 1. The Morgan fingerprint density at radius 3 is 2.30 bits per heavy atom. The van der Waals surface area contributed by atoms with Gasteiger partial charge in [0, 0.05) is 0 Å². The number of hydrogen-bond donors (Lipinski definition) is 3. The van der Waals surface area contributed by atoms with Gasteiger partial charge in [-0.1, -0.05) is 13.8 Å². The van der Waals surface area contributed by atoms with Crippen LogP contribution in [0.25, 0.3) is 0 Å². The van der Waals surface area contributed by atoms with E-state index in [2.05, 4.69) is 5.32 Å². The Bertz CT molecular complexity index is 1090. The van der Waals surface area contributed by atoms with Crippen molar-refractivity contribution in [3.8, 4) is 0 Å². The van der Waals surface area contributed by atoms with Gasteiger partial charge in [-0.15, -0.1) is 11.3 Å². The first-order valence-electron chi connectivity index (χ1n) is 8.20. The average molecular weight is 468 g/mol. The topological polar surface area (TPSA) is 127 Å². The van der Waals surface area contributed by atoms with E-state index < -0.39 is 65.9 Å². The summed E-state index contributed by atoms with van der Waals surface area (Å²) in [5.74, 6) is -3.92. The highest BCUT2D eigenvalue weighted by Gasteiger charge is 2.39. The van der Waals surface area contributed by atoms with Gasteiger partial charge < -0.3 is 16.2 Å². The Morgan fingerprint density at radius 1 is 1.20 bits per heavy atom. The molecule has 4 N–H and O–H groups in total. The molecule has 0 aliphatic rings. The second-order valence-corrected chi connectivity index (χ2v) is 9.69. The molecule has 1 atom stereocenters. The first-order valence-corrected chi connectivity index (χ1v) is 10.5. The van der Waals surface area contributed by atoms with Gasteiger partial charge in [0.15, 0.2) is 0 Å². The molecule has 2 amide bonds. The molecule has 0 saturated carbocycles. The molecule has 1 heterocycles. The SMILES string of the molecule is CC(C)C(O)C(=O)Nc1sc(S(=O)(=O)c2ccc(F)cc2C(F)(F)F)cc1C(N)=O. The number of halogens is 4. The zero-order valence-electron chi connectivity index (χ0n) is 15.5. The number of nitrogens with one attached hydrogen (secondary N) is 1. The number of rotatable bonds is 6. The number of hydrogen-bond acceptors (Lipinski definition) is 6. The highest BCUT2D eigenvalue weighted by atomic mass is 32.2. The summed E-state index contributed by atoms with van der Waals surface area (Å²) in [4.78, 5) is 22.5. The van der Waals surface area contributed by atoms with Gasteiger partial charge in [-0.05, 0) is 30.2 Å². The van der Waals surface area contributed by atoms with Crippen molar-refractivity contribution >= 4 is 38.0 Å². The number of carbonyl (C=O) groups excluding carboxylic acids is 2. The minimum absolute atomic E-state index is 0.0389. The van der Waals surface area contributed by atoms with Crippen LogP contribution in [-0.4, -0.2) is 31.4 Å². The van der Waals surface area contributed by atoms with Gasteiger partial charge >= 0.3 is 6.18 Å². The van der Waals surface area contributed by atoms with Crippen LogP contribution in [0.15, 0.2) is 33.4 Å². The number of amides is 2. The minimum atomic E-state index is -5.17. The summed E-state index contributed by atoms with van der Waals surface area (Å²) in [6.45, 7) is 3.05. The van der Waals surface area contributed by atoms with E-state index in [-0.39, 0.29) is 22.4 Å². The first kappa shape index (κ1) is 23.8. The molecule has 2 aromatic rings. The number of sulfone groups is 1. The van der Waals surface area contributed by atoms with Crippen molar-refractivity contribution in [3.63, 3.8) is 0 Å². The van der Waals surface area contributed by atoms with Crippen molar-refractivity contribution in [2.24, 2.45) is 11.7 Å². The molecule has 1 unspecified atom stereocenters. The third kappa shape index (κ3) is 4.79. The summed E-state index contributed by atoms with van der Waals surface area (Å²) in [7, 11) is -4.87. The van der Waals surface area contributed by atoms with Crippen LogP contribution >= 0.6 is 11.3 Å². The van der Waals surface area contributed by atoms with Crippen LogP contribution in [0, 0.1) is 11.7 Å². The van der Waals surface area contributed by atoms with Gasteiger partial charge in [-0.25, -0.2) is 12.8 Å². The van der Waals surface area contributed by atoms with Gasteiger partial charge in [0.05, 0.1) is 16.0 Å². The number of anilines is 1. The van der Waals surface area contributed by atoms with Gasteiger partial charge in [-0.2, -0.15) is 13.2 Å². The number of primary amides is 1. The van der Waals surface area contributed by atoms with Gasteiger partial charge in [0.2, 0.25) is 9.84 Å². The fourth-order valence-electron chi connectivity index (χ4n) is 2.33. The quantitative estimate of drug-likeness (QED) is 0.444. The predicted molar refractivity (Wildman–Crippen MR) is 99.2 cm³/mol. The number of thiophene rings is 1. The molecule has 0 bridgehead atoms. The van der Waals surface area contributed by atoms with Crippen molar-refractivity contribution in [3.05, 3.63) is 41.2 Å². The third-order valence-electron chi connectivity index (χ3n) is 3.91. The van der Waals surface area contributed by atoms with E-state index in [1.54, 1.807) is 0 Å². The molecule has 7 nitrogen and oxygen atoms in total. The molecule has 0 radical (unpaired) electrons. The summed E-state index contributed by atoms with van der Waals surface area (Å²) in [5.41, 5.74) is 2.97. The van der Waals surface area contributed by atoms with E-state index in [0.29, 0.717) is 18.2 Å². The van der Waals surface area contributed by atoms with Crippen molar-refractivity contribution in [1.82, 2.24) is 0 Å². The monoisotopic (exact) mass is 468 g/mol. The fraction of sp³-hybridized carbons (Fsp3) is 0.294. The van der Waals surface area contributed by atoms with Crippen LogP contribution in [-0.2, 0) is 20.8 Å². The van der Waals surface area contributed by atoms with Crippen molar-refractivity contribution in [1.29, 1.82) is 0 Å². The Labute approximate surface area is 172 Å². The number of carbonyl (C=O) groups is 2. The van der Waals surface area contributed by atoms with E-state index in [4.69, 9.17) is 5.73 Å². The number of aliphatic hydroxyl groups excluding tert-OH is 1. The van der Waals surface area contributed by atoms with Crippen molar-refractivity contribution in [2.75, 3.05) is 5.32 Å². The maximum absolute atomic E-state index is 13.3. The highest BCUT2D eigenvalue weighted by Crippen LogP contribution is 2.40. The first-order chi connectivity index (χ1) is 13.7. The predicted octanol–water partition coefficient (Wildman–Crippen LogP) is 2.79. The molecular weight excluding hydrogens is 452 g/mol. The molecule has 0 aliphatic heterocycles. The molecule has 30 heavy (non-hydrogen) atoms. The molecule has 1 aromatic carbocycles. The van der Waals surface area contributed by atoms with Gasteiger partial charge in [0.1, 0.15) is 21.1 Å². The summed E-state index contributed by atoms with van der Waals surface area (Å²) in [6.07, 6.45) is -6.67. The van der Waals surface area contributed by atoms with E-state index in [9.17, 15) is 40.7 Å². The van der Waals surface area contributed by atoms with Crippen molar-refractivity contribution in [2.45, 2.75) is 35.2 Å². The van der Waals surface area contributed by atoms with Crippen LogP contribution in [0.1, 0.15) is 29.8 Å². The molecule has 164 valence electrons. The lowest BCUT2D eigenvalue weighted by atomic mass is 10.1. The van der Waals surface area contributed by atoms with Crippen LogP contribution in [0.4, 0.5) is 22.6 Å². The van der Waals surface area contributed by atoms with Crippen molar-refractivity contribution < 1.29 is 40.7 Å². The molecule has 1 aromatic heterocycles. The highest BCUT2D eigenvalue weighted by molar-refractivity contribution is 7.93. The number of benzene rings is 1. The molecule has 13 heteroatoms. The summed E-state index contributed by atoms with van der Waals surface area (Å²) < 4.78 is 77.9. The fourth-order valence-corrected chi connectivity index (χ4v) is 5.29. The van der Waals surface area contributed by atoms with E-state index in [1.807, 2.05) is 0 Å². The summed E-state index contributed by atoms with van der Waals surface area (Å²) in [5, 5.41) is 11.6. The van der Waals surface area contributed by atoms with E-state index in [1.165, 1.54) is 13.8 Å². The maximum Gasteiger partial charge on any atom is 0.417 e. The average Bonchev–Trinajstić information content (AvgIpc) is 3.04. The second-order valence-electron chi connectivity index (χ2n) is 6.49. The zero-order chi connectivity index (χ0) is 23.0. The second kappa shape index (κ2) is 8.32. The normalized spacial score (nSPS) is 13.3. The van der Waals surface area contributed by atoms with E-state index in [0.717, 1.165) is 0 Å². The molecule has 0 saturated heterocycles. The number of aliphatic hydroxyl groups is 1. The lowest BCUT2D eigenvalue weighted by Gasteiger charge is -2.14. The van der Waals surface area contributed by atoms with Crippen LogP contribution < -0.4 is 11.1 Å².